The van der Waals surface area contributed by atoms with Crippen molar-refractivity contribution < 1.29 is 19.1 Å². The average Bonchev–Trinajstić information content (AvgIpc) is 2.47. The normalized spacial score (nSPS) is 13.7. The molecule has 0 aromatic heterocycles. The van der Waals surface area contributed by atoms with Crippen LogP contribution in [0, 0.1) is 5.92 Å². The summed E-state index contributed by atoms with van der Waals surface area (Å²) in [6, 6.07) is 0. The Hall–Kier alpha value is -1.03. The molecule has 5 nitrogen and oxygen atoms in total. The van der Waals surface area contributed by atoms with Gasteiger partial charge in [0.15, 0.2) is 0 Å². The van der Waals surface area contributed by atoms with E-state index in [0.717, 1.165) is 19.3 Å². The fourth-order valence-electron chi connectivity index (χ4n) is 2.11. The molecule has 0 fully saturated rings. The summed E-state index contributed by atoms with van der Waals surface area (Å²) in [6.45, 7) is 9.67. The Bertz CT molecular complexity index is 338. The van der Waals surface area contributed by atoms with Crippen molar-refractivity contribution in [2.45, 2.75) is 72.0 Å². The van der Waals surface area contributed by atoms with E-state index in [1.807, 2.05) is 20.8 Å². The molecular weight excluding hydrogens is 282 g/mol. The highest BCUT2D eigenvalue weighted by molar-refractivity contribution is 5.80. The molecule has 0 aliphatic rings. The first-order valence-electron chi connectivity index (χ1n) is 8.26. The van der Waals surface area contributed by atoms with Gasteiger partial charge in [-0.25, -0.2) is 9.79 Å². The zero-order valence-electron chi connectivity index (χ0n) is 14.5. The number of ketones is 1. The summed E-state index contributed by atoms with van der Waals surface area (Å²) in [6.07, 6.45) is 5.85. The number of rotatable bonds is 14. The maximum atomic E-state index is 11.9. The van der Waals surface area contributed by atoms with Gasteiger partial charge >= 0.3 is 0 Å². The predicted octanol–water partition coefficient (Wildman–Crippen LogP) is 3.31. The van der Waals surface area contributed by atoms with Crippen LogP contribution in [0.15, 0.2) is 4.99 Å². The number of carbonyl (C=O) groups excluding carboxylic acids is 2. The van der Waals surface area contributed by atoms with Gasteiger partial charge in [0, 0.05) is 12.3 Å². The minimum atomic E-state index is 0.0664. The third kappa shape index (κ3) is 12.7. The number of isocyanates is 1. The Labute approximate surface area is 134 Å². The Morgan fingerprint density at radius 1 is 1.05 bits per heavy atom. The number of aliphatic imine (C=N–C) groups is 1. The van der Waals surface area contributed by atoms with Crippen molar-refractivity contribution in [1.82, 2.24) is 0 Å². The first-order chi connectivity index (χ1) is 10.5. The van der Waals surface area contributed by atoms with Crippen molar-refractivity contribution >= 4 is 11.9 Å². The molecule has 0 aliphatic heterocycles. The fraction of sp³-hybridized carbons (Fsp3) is 0.882. The second kappa shape index (κ2) is 13.6. The summed E-state index contributed by atoms with van der Waals surface area (Å²) in [5.74, 6) is 0.316. The summed E-state index contributed by atoms with van der Waals surface area (Å²) < 4.78 is 11.1. The quantitative estimate of drug-likeness (QED) is 0.280. The van der Waals surface area contributed by atoms with Crippen LogP contribution in [0.2, 0.25) is 0 Å². The molecule has 0 saturated carbocycles. The van der Waals surface area contributed by atoms with Gasteiger partial charge in [-0.2, -0.15) is 0 Å². The van der Waals surface area contributed by atoms with Gasteiger partial charge in [0.25, 0.3) is 0 Å². The van der Waals surface area contributed by atoms with Crippen molar-refractivity contribution in [3.05, 3.63) is 0 Å². The fourth-order valence-corrected chi connectivity index (χ4v) is 2.11. The van der Waals surface area contributed by atoms with E-state index in [1.54, 1.807) is 0 Å². The van der Waals surface area contributed by atoms with E-state index in [-0.39, 0.29) is 23.9 Å². The summed E-state index contributed by atoms with van der Waals surface area (Å²) in [5, 5.41) is 0. The Morgan fingerprint density at radius 2 is 1.73 bits per heavy atom. The second-order valence-electron chi connectivity index (χ2n) is 5.98. The number of nitrogens with zero attached hydrogens (tertiary/aromatic N) is 1. The van der Waals surface area contributed by atoms with Crippen molar-refractivity contribution in [3.63, 3.8) is 0 Å². The number of ether oxygens (including phenoxy) is 2. The molecule has 22 heavy (non-hydrogen) atoms. The number of carbonyl (C=O) groups is 1. The molecule has 5 heteroatoms. The van der Waals surface area contributed by atoms with Gasteiger partial charge in [0.1, 0.15) is 5.78 Å². The number of Topliss-reactive ketones (excluding diaryl/α,β-unsaturated/α-hetero) is 1. The largest absolute Gasteiger partial charge is 0.376 e. The van der Waals surface area contributed by atoms with Crippen molar-refractivity contribution in [2.75, 3.05) is 19.8 Å². The lowest BCUT2D eigenvalue weighted by Gasteiger charge is -2.15. The SMILES string of the molecule is CC(C)OCCOC(C)CCCC(C)C(=O)CCCN=C=O. The number of hydrogen-bond acceptors (Lipinski definition) is 5. The van der Waals surface area contributed by atoms with E-state index in [4.69, 9.17) is 9.47 Å². The molecule has 0 aliphatic carbocycles. The summed E-state index contributed by atoms with van der Waals surface area (Å²) in [7, 11) is 0. The van der Waals surface area contributed by atoms with Gasteiger partial charge < -0.3 is 9.47 Å². The van der Waals surface area contributed by atoms with E-state index in [1.165, 1.54) is 6.08 Å². The molecule has 0 spiro atoms. The molecule has 0 radical (unpaired) electrons. The molecule has 0 saturated heterocycles. The molecule has 0 N–H and O–H groups in total. The van der Waals surface area contributed by atoms with Crippen LogP contribution in [-0.4, -0.2) is 43.8 Å². The highest BCUT2D eigenvalue weighted by Crippen LogP contribution is 2.14. The topological polar surface area (TPSA) is 65.0 Å². The van der Waals surface area contributed by atoms with Gasteiger partial charge in [-0.15, -0.1) is 0 Å². The highest BCUT2D eigenvalue weighted by atomic mass is 16.5. The molecule has 2 atom stereocenters. The first kappa shape index (κ1) is 21.0. The van der Waals surface area contributed by atoms with Crippen molar-refractivity contribution in [1.29, 1.82) is 0 Å². The first-order valence-corrected chi connectivity index (χ1v) is 8.26. The smallest absolute Gasteiger partial charge is 0.234 e. The van der Waals surface area contributed by atoms with Gasteiger partial charge in [0.05, 0.1) is 32.0 Å². The van der Waals surface area contributed by atoms with Gasteiger partial charge in [0.2, 0.25) is 6.08 Å². The second-order valence-corrected chi connectivity index (χ2v) is 5.98. The van der Waals surface area contributed by atoms with Crippen LogP contribution in [-0.2, 0) is 19.1 Å². The lowest BCUT2D eigenvalue weighted by Crippen LogP contribution is -2.16. The van der Waals surface area contributed by atoms with Crippen LogP contribution >= 0.6 is 0 Å². The lowest BCUT2D eigenvalue weighted by atomic mass is 9.96. The van der Waals surface area contributed by atoms with Gasteiger partial charge in [-0.1, -0.05) is 13.3 Å². The molecule has 2 unspecified atom stereocenters. The highest BCUT2D eigenvalue weighted by Gasteiger charge is 2.13. The standard InChI is InChI=1S/C17H31NO4/c1-14(2)21-11-12-22-16(4)8-5-7-15(3)17(20)9-6-10-18-13-19/h14-16H,5-12H2,1-4H3. The summed E-state index contributed by atoms with van der Waals surface area (Å²) >= 11 is 0. The monoisotopic (exact) mass is 313 g/mol. The lowest BCUT2D eigenvalue weighted by molar-refractivity contribution is -0.122. The zero-order chi connectivity index (χ0) is 16.8. The maximum Gasteiger partial charge on any atom is 0.234 e. The van der Waals surface area contributed by atoms with E-state index < -0.39 is 0 Å². The Kier molecular flexibility index (Phi) is 13.0. The molecule has 0 aromatic carbocycles. The van der Waals surface area contributed by atoms with Crippen molar-refractivity contribution in [3.8, 4) is 0 Å². The molecule has 0 bridgehead atoms. The van der Waals surface area contributed by atoms with Gasteiger partial charge in [-0.05, 0) is 40.0 Å². The number of hydrogen-bond donors (Lipinski definition) is 0. The minimum Gasteiger partial charge on any atom is -0.376 e. The third-order valence-corrected chi connectivity index (χ3v) is 3.49. The Morgan fingerprint density at radius 3 is 2.36 bits per heavy atom. The molecular formula is C17H31NO4. The molecule has 0 rings (SSSR count). The summed E-state index contributed by atoms with van der Waals surface area (Å²) in [4.78, 5) is 25.2. The van der Waals surface area contributed by atoms with Gasteiger partial charge in [-0.3, -0.25) is 4.79 Å². The molecule has 128 valence electrons. The third-order valence-electron chi connectivity index (χ3n) is 3.49. The van der Waals surface area contributed by atoms with Crippen LogP contribution in [0.4, 0.5) is 0 Å². The zero-order valence-corrected chi connectivity index (χ0v) is 14.5. The van der Waals surface area contributed by atoms with Crippen LogP contribution in [0.25, 0.3) is 0 Å². The molecule has 0 aromatic rings. The van der Waals surface area contributed by atoms with Crippen LogP contribution in [0.3, 0.4) is 0 Å². The minimum absolute atomic E-state index is 0.0664. The maximum absolute atomic E-state index is 11.9. The van der Waals surface area contributed by atoms with Crippen LogP contribution < -0.4 is 0 Å². The van der Waals surface area contributed by atoms with Crippen LogP contribution in [0.1, 0.15) is 59.8 Å². The summed E-state index contributed by atoms with van der Waals surface area (Å²) in [5.41, 5.74) is 0. The van der Waals surface area contributed by atoms with Crippen LogP contribution in [0.5, 0.6) is 0 Å². The Balaban J connectivity index is 3.62. The van der Waals surface area contributed by atoms with E-state index in [9.17, 15) is 9.59 Å². The van der Waals surface area contributed by atoms with E-state index in [2.05, 4.69) is 11.9 Å². The molecule has 0 amide bonds. The van der Waals surface area contributed by atoms with E-state index >= 15 is 0 Å². The van der Waals surface area contributed by atoms with Crippen molar-refractivity contribution in [2.24, 2.45) is 10.9 Å². The molecule has 0 heterocycles. The average molecular weight is 313 g/mol. The van der Waals surface area contributed by atoms with E-state index in [0.29, 0.717) is 32.6 Å². The predicted molar refractivity (Wildman–Crippen MR) is 86.7 cm³/mol.